The molecule has 0 atom stereocenters. The number of rotatable bonds is 10. The number of benzene rings is 3. The maximum absolute atomic E-state index is 14.8. The van der Waals surface area contributed by atoms with Gasteiger partial charge in [-0.3, -0.25) is 4.72 Å². The van der Waals surface area contributed by atoms with Crippen LogP contribution in [0.5, 0.6) is 17.2 Å². The van der Waals surface area contributed by atoms with Gasteiger partial charge in [0.25, 0.3) is 10.0 Å². The van der Waals surface area contributed by atoms with Gasteiger partial charge in [0, 0.05) is 24.1 Å². The summed E-state index contributed by atoms with van der Waals surface area (Å²) in [6, 6.07) is 12.1. The molecule has 0 aliphatic rings. The maximum Gasteiger partial charge on any atom is 0.264 e. The summed E-state index contributed by atoms with van der Waals surface area (Å²) in [6.45, 7) is 2.66. The van der Waals surface area contributed by atoms with Crippen molar-refractivity contribution >= 4 is 49.8 Å². The average molecular weight is 553 g/mol. The average Bonchev–Trinajstić information content (AvgIpc) is 3.24. The van der Waals surface area contributed by atoms with Crippen LogP contribution in [0.3, 0.4) is 0 Å². The third kappa shape index (κ3) is 5.48. The third-order valence-corrected chi connectivity index (χ3v) is 7.37. The van der Waals surface area contributed by atoms with Crippen LogP contribution in [-0.2, 0) is 16.4 Å². The first-order chi connectivity index (χ1) is 17.2. The molecule has 11 heteroatoms. The van der Waals surface area contributed by atoms with Crippen molar-refractivity contribution in [2.75, 3.05) is 25.0 Å². The summed E-state index contributed by atoms with van der Waals surface area (Å²) in [5, 5.41) is 1.16. The standard InChI is InChI=1S/C25H23Cl2FN2O5S/c1-3-34-21-8-4-15(12-22(21)33-2)10-11-35-16-5-9-23(19(28)13-16)36(31,32)30-20-7-6-17(26)24-18(27)14-29-25(20)24/h4-9,12-14,29-30H,3,10-11H2,1-2H3. The van der Waals surface area contributed by atoms with Crippen LogP contribution >= 0.6 is 23.2 Å². The third-order valence-electron chi connectivity index (χ3n) is 5.36. The molecule has 0 unspecified atom stereocenters. The number of nitrogens with one attached hydrogen (secondary N) is 2. The molecule has 36 heavy (non-hydrogen) atoms. The Kier molecular flexibility index (Phi) is 7.82. The predicted octanol–water partition coefficient (Wildman–Crippen LogP) is 6.44. The smallest absolute Gasteiger partial charge is 0.264 e. The van der Waals surface area contributed by atoms with E-state index in [1.54, 1.807) is 7.11 Å². The Morgan fingerprint density at radius 3 is 2.53 bits per heavy atom. The minimum Gasteiger partial charge on any atom is -0.493 e. The number of methoxy groups -OCH3 is 1. The van der Waals surface area contributed by atoms with Crippen molar-refractivity contribution in [3.63, 3.8) is 0 Å². The summed E-state index contributed by atoms with van der Waals surface area (Å²) in [4.78, 5) is 2.35. The fourth-order valence-electron chi connectivity index (χ4n) is 3.67. The van der Waals surface area contributed by atoms with Crippen molar-refractivity contribution < 1.29 is 27.0 Å². The van der Waals surface area contributed by atoms with Gasteiger partial charge in [-0.2, -0.15) is 0 Å². The molecule has 0 radical (unpaired) electrons. The Morgan fingerprint density at radius 2 is 1.81 bits per heavy atom. The number of aromatic nitrogens is 1. The molecule has 0 spiro atoms. The largest absolute Gasteiger partial charge is 0.493 e. The minimum atomic E-state index is -4.25. The Morgan fingerprint density at radius 1 is 1.00 bits per heavy atom. The normalized spacial score (nSPS) is 11.5. The number of ether oxygens (including phenoxy) is 3. The number of halogens is 3. The molecule has 2 N–H and O–H groups in total. The first-order valence-electron chi connectivity index (χ1n) is 10.9. The van der Waals surface area contributed by atoms with Crippen LogP contribution in [0.2, 0.25) is 10.0 Å². The fourth-order valence-corrected chi connectivity index (χ4v) is 5.36. The van der Waals surface area contributed by atoms with E-state index >= 15 is 0 Å². The molecule has 0 amide bonds. The van der Waals surface area contributed by atoms with E-state index in [2.05, 4.69) is 9.71 Å². The van der Waals surface area contributed by atoms with Gasteiger partial charge >= 0.3 is 0 Å². The number of sulfonamides is 1. The van der Waals surface area contributed by atoms with Crippen LogP contribution < -0.4 is 18.9 Å². The monoisotopic (exact) mass is 552 g/mol. The Hall–Kier alpha value is -3.14. The second-order valence-electron chi connectivity index (χ2n) is 7.70. The number of aromatic amines is 1. The summed E-state index contributed by atoms with van der Waals surface area (Å²) in [7, 11) is -2.68. The first-order valence-corrected chi connectivity index (χ1v) is 13.2. The topological polar surface area (TPSA) is 89.6 Å². The van der Waals surface area contributed by atoms with Gasteiger partial charge in [0.1, 0.15) is 16.5 Å². The van der Waals surface area contributed by atoms with Gasteiger partial charge in [-0.25, -0.2) is 12.8 Å². The van der Waals surface area contributed by atoms with Gasteiger partial charge in [-0.1, -0.05) is 29.3 Å². The lowest BCUT2D eigenvalue weighted by Gasteiger charge is -2.13. The van der Waals surface area contributed by atoms with Gasteiger partial charge in [-0.15, -0.1) is 0 Å². The molecule has 0 saturated carbocycles. The van der Waals surface area contributed by atoms with Crippen LogP contribution in [0.4, 0.5) is 10.1 Å². The van der Waals surface area contributed by atoms with Crippen LogP contribution in [-0.4, -0.2) is 33.7 Å². The minimum absolute atomic E-state index is 0.187. The molecule has 190 valence electrons. The van der Waals surface area contributed by atoms with Crippen LogP contribution in [0.1, 0.15) is 12.5 Å². The van der Waals surface area contributed by atoms with Crippen molar-refractivity contribution in [2.24, 2.45) is 0 Å². The summed E-state index contributed by atoms with van der Waals surface area (Å²) in [5.74, 6) is 0.518. The van der Waals surface area contributed by atoms with Crippen molar-refractivity contribution in [3.8, 4) is 17.2 Å². The zero-order chi connectivity index (χ0) is 25.9. The summed E-state index contributed by atoms with van der Waals surface area (Å²) >= 11 is 12.3. The molecule has 0 aliphatic heterocycles. The second-order valence-corrected chi connectivity index (χ2v) is 10.2. The maximum atomic E-state index is 14.8. The van der Waals surface area contributed by atoms with Crippen LogP contribution in [0.25, 0.3) is 10.9 Å². The van der Waals surface area contributed by atoms with E-state index in [0.29, 0.717) is 45.5 Å². The summed E-state index contributed by atoms with van der Waals surface area (Å²) in [5.41, 5.74) is 1.52. The van der Waals surface area contributed by atoms with Gasteiger partial charge in [0.2, 0.25) is 0 Å². The SMILES string of the molecule is CCOc1ccc(CCOc2ccc(S(=O)(=O)Nc3ccc(Cl)c4c(Cl)c[nH]c34)c(F)c2)cc1OC. The highest BCUT2D eigenvalue weighted by molar-refractivity contribution is 7.92. The lowest BCUT2D eigenvalue weighted by atomic mass is 10.1. The molecule has 1 heterocycles. The number of anilines is 1. The Balaban J connectivity index is 1.45. The van der Waals surface area contributed by atoms with E-state index < -0.39 is 20.7 Å². The van der Waals surface area contributed by atoms with Crippen molar-refractivity contribution in [2.45, 2.75) is 18.2 Å². The number of H-pyrrole nitrogens is 1. The fraction of sp³-hybridized carbons (Fsp3) is 0.200. The van der Waals surface area contributed by atoms with Crippen molar-refractivity contribution in [1.29, 1.82) is 0 Å². The molecule has 4 aromatic rings. The highest BCUT2D eigenvalue weighted by atomic mass is 35.5. The first kappa shape index (κ1) is 25.9. The van der Waals surface area contributed by atoms with E-state index in [1.165, 1.54) is 24.4 Å². The molecular weight excluding hydrogens is 530 g/mol. The number of hydrogen-bond donors (Lipinski definition) is 2. The zero-order valence-electron chi connectivity index (χ0n) is 19.4. The highest BCUT2D eigenvalue weighted by Gasteiger charge is 2.22. The highest BCUT2D eigenvalue weighted by Crippen LogP contribution is 2.36. The summed E-state index contributed by atoms with van der Waals surface area (Å²) in [6.07, 6.45) is 2.02. The number of fused-ring (bicyclic) bond motifs is 1. The Labute approximate surface area is 218 Å². The van der Waals surface area contributed by atoms with E-state index in [4.69, 9.17) is 37.4 Å². The molecule has 0 saturated heterocycles. The van der Waals surface area contributed by atoms with E-state index in [-0.39, 0.29) is 18.0 Å². The molecule has 1 aromatic heterocycles. The van der Waals surface area contributed by atoms with E-state index in [1.807, 2.05) is 25.1 Å². The van der Waals surface area contributed by atoms with Gasteiger partial charge < -0.3 is 19.2 Å². The zero-order valence-corrected chi connectivity index (χ0v) is 21.7. The number of hydrogen-bond acceptors (Lipinski definition) is 5. The van der Waals surface area contributed by atoms with Gasteiger partial charge in [0.05, 0.1) is 41.6 Å². The molecule has 0 aliphatic carbocycles. The van der Waals surface area contributed by atoms with Crippen molar-refractivity contribution in [3.05, 3.63) is 76.2 Å². The van der Waals surface area contributed by atoms with E-state index in [9.17, 15) is 12.8 Å². The van der Waals surface area contributed by atoms with Gasteiger partial charge in [-0.05, 0) is 48.9 Å². The van der Waals surface area contributed by atoms with E-state index in [0.717, 1.165) is 17.7 Å². The molecule has 4 rings (SSSR count). The predicted molar refractivity (Wildman–Crippen MR) is 139 cm³/mol. The lowest BCUT2D eigenvalue weighted by Crippen LogP contribution is -2.15. The van der Waals surface area contributed by atoms with Crippen molar-refractivity contribution in [1.82, 2.24) is 4.98 Å². The van der Waals surface area contributed by atoms with Crippen LogP contribution in [0, 0.1) is 5.82 Å². The van der Waals surface area contributed by atoms with Crippen LogP contribution in [0.15, 0.2) is 59.6 Å². The molecule has 0 fully saturated rings. The second kappa shape index (κ2) is 10.9. The molecular formula is C25H23Cl2FN2O5S. The Bertz CT molecular complexity index is 1510. The summed E-state index contributed by atoms with van der Waals surface area (Å²) < 4.78 is 59.5. The lowest BCUT2D eigenvalue weighted by molar-refractivity contribution is 0.308. The molecule has 3 aromatic carbocycles. The quantitative estimate of drug-likeness (QED) is 0.236. The molecule has 0 bridgehead atoms. The molecule has 7 nitrogen and oxygen atoms in total. The van der Waals surface area contributed by atoms with Gasteiger partial charge in [0.15, 0.2) is 11.5 Å².